The van der Waals surface area contributed by atoms with Gasteiger partial charge in [0.2, 0.25) is 18.1 Å². The summed E-state index contributed by atoms with van der Waals surface area (Å²) in [6.45, 7) is -0.197. The van der Waals surface area contributed by atoms with Gasteiger partial charge in [-0.3, -0.25) is 9.36 Å². The number of hydrogen-bond acceptors (Lipinski definition) is 5. The van der Waals surface area contributed by atoms with E-state index in [0.29, 0.717) is 0 Å². The molecule has 0 aliphatic carbocycles. The largest absolute Gasteiger partial charge is 0.463 e. The summed E-state index contributed by atoms with van der Waals surface area (Å²) in [5, 5.41) is 6.74. The fraction of sp³-hybridized carbons (Fsp3) is 0.333. The van der Waals surface area contributed by atoms with Crippen LogP contribution < -0.4 is 5.73 Å². The molecule has 1 aromatic rings. The van der Waals surface area contributed by atoms with E-state index in [1.165, 1.54) is 7.11 Å². The SMILES string of the molecule is COC(=O)c1nn[c]n1CC(N)=O. The molecule has 7 heteroatoms. The van der Waals surface area contributed by atoms with Crippen molar-refractivity contribution in [1.29, 1.82) is 0 Å². The van der Waals surface area contributed by atoms with Gasteiger partial charge in [0, 0.05) is 0 Å². The standard InChI is InChI=1S/C6H7N4O3/c1-13-6(12)5-9-8-3-10(5)2-4(7)11/h2H2,1H3,(H2,7,11). The van der Waals surface area contributed by atoms with Gasteiger partial charge in [0.15, 0.2) is 0 Å². The third kappa shape index (κ3) is 2.01. The van der Waals surface area contributed by atoms with Crippen LogP contribution in [0.2, 0.25) is 0 Å². The highest BCUT2D eigenvalue weighted by Crippen LogP contribution is 1.95. The average molecular weight is 183 g/mol. The molecule has 1 amide bonds. The van der Waals surface area contributed by atoms with Crippen molar-refractivity contribution in [2.24, 2.45) is 5.73 Å². The molecule has 2 N–H and O–H groups in total. The van der Waals surface area contributed by atoms with Crippen molar-refractivity contribution < 1.29 is 14.3 Å². The van der Waals surface area contributed by atoms with Gasteiger partial charge < -0.3 is 10.5 Å². The summed E-state index contributed by atoms with van der Waals surface area (Å²) >= 11 is 0. The maximum absolute atomic E-state index is 11.0. The van der Waals surface area contributed by atoms with E-state index < -0.39 is 11.9 Å². The molecule has 69 valence electrons. The lowest BCUT2D eigenvalue weighted by molar-refractivity contribution is -0.118. The number of hydrogen-bond donors (Lipinski definition) is 1. The minimum absolute atomic E-state index is 0.0960. The first-order valence-electron chi connectivity index (χ1n) is 3.32. The molecule has 13 heavy (non-hydrogen) atoms. The number of carbonyl (C=O) groups is 2. The number of nitrogens with two attached hydrogens (primary N) is 1. The average Bonchev–Trinajstić information content (AvgIpc) is 2.50. The molecular weight excluding hydrogens is 176 g/mol. The monoisotopic (exact) mass is 183 g/mol. The number of primary amides is 1. The van der Waals surface area contributed by atoms with Crippen LogP contribution in [0.1, 0.15) is 10.6 Å². The van der Waals surface area contributed by atoms with Crippen molar-refractivity contribution in [3.05, 3.63) is 12.2 Å². The number of carbonyl (C=O) groups excluding carboxylic acids is 2. The van der Waals surface area contributed by atoms with Crippen molar-refractivity contribution in [2.75, 3.05) is 7.11 Å². The van der Waals surface area contributed by atoms with Gasteiger partial charge in [0.25, 0.3) is 0 Å². The second-order valence-electron chi connectivity index (χ2n) is 2.17. The molecule has 0 aromatic carbocycles. The van der Waals surface area contributed by atoms with Gasteiger partial charge in [-0.25, -0.2) is 4.79 Å². The molecule has 1 aromatic heterocycles. The smallest absolute Gasteiger partial charge is 0.376 e. The van der Waals surface area contributed by atoms with Crippen LogP contribution in [0.4, 0.5) is 0 Å². The van der Waals surface area contributed by atoms with Gasteiger partial charge in [-0.2, -0.15) is 0 Å². The predicted molar refractivity (Wildman–Crippen MR) is 39.4 cm³/mol. The number of rotatable bonds is 3. The first-order valence-corrected chi connectivity index (χ1v) is 3.32. The second-order valence-corrected chi connectivity index (χ2v) is 2.17. The Morgan fingerprint density at radius 2 is 2.38 bits per heavy atom. The quantitative estimate of drug-likeness (QED) is 0.566. The molecule has 0 aliphatic rings. The van der Waals surface area contributed by atoms with Crippen LogP contribution >= 0.6 is 0 Å². The Kier molecular flexibility index (Phi) is 2.58. The minimum atomic E-state index is -0.685. The first kappa shape index (κ1) is 9.17. The van der Waals surface area contributed by atoms with E-state index in [-0.39, 0.29) is 12.4 Å². The van der Waals surface area contributed by atoms with E-state index in [1.54, 1.807) is 0 Å². The van der Waals surface area contributed by atoms with Crippen LogP contribution in [0.3, 0.4) is 0 Å². The topological polar surface area (TPSA) is 100 Å². The molecule has 0 aliphatic heterocycles. The summed E-state index contributed by atoms with van der Waals surface area (Å²) in [6.07, 6.45) is 2.31. The van der Waals surface area contributed by atoms with E-state index in [9.17, 15) is 9.59 Å². The maximum atomic E-state index is 11.0. The molecule has 0 fully saturated rings. The zero-order chi connectivity index (χ0) is 9.84. The molecule has 0 unspecified atom stereocenters. The molecule has 1 rings (SSSR count). The third-order valence-corrected chi connectivity index (χ3v) is 1.25. The summed E-state index contributed by atoms with van der Waals surface area (Å²) in [7, 11) is 1.20. The van der Waals surface area contributed by atoms with Gasteiger partial charge in [0.05, 0.1) is 7.11 Å². The molecule has 7 nitrogen and oxygen atoms in total. The summed E-state index contributed by atoms with van der Waals surface area (Å²) < 4.78 is 5.47. The molecule has 0 spiro atoms. The van der Waals surface area contributed by atoms with E-state index in [1.807, 2.05) is 0 Å². The van der Waals surface area contributed by atoms with Crippen LogP contribution in [0, 0.1) is 6.33 Å². The lowest BCUT2D eigenvalue weighted by Crippen LogP contribution is -2.22. The number of aromatic nitrogens is 3. The number of amides is 1. The Balaban J connectivity index is 2.89. The Morgan fingerprint density at radius 1 is 1.69 bits per heavy atom. The second kappa shape index (κ2) is 3.65. The third-order valence-electron chi connectivity index (χ3n) is 1.25. The van der Waals surface area contributed by atoms with E-state index in [2.05, 4.69) is 21.3 Å². The fourth-order valence-corrected chi connectivity index (χ4v) is 0.733. The summed E-state index contributed by atoms with van der Waals surface area (Å²) in [5.41, 5.74) is 4.91. The first-order chi connectivity index (χ1) is 6.15. The van der Waals surface area contributed by atoms with Gasteiger partial charge in [0.1, 0.15) is 6.54 Å². The number of nitrogens with zero attached hydrogens (tertiary/aromatic N) is 3. The highest BCUT2D eigenvalue weighted by Gasteiger charge is 2.15. The summed E-state index contributed by atoms with van der Waals surface area (Å²) in [6, 6.07) is 0. The van der Waals surface area contributed by atoms with Gasteiger partial charge >= 0.3 is 5.97 Å². The van der Waals surface area contributed by atoms with Crippen molar-refractivity contribution in [3.8, 4) is 0 Å². The number of esters is 1. The molecule has 0 atom stereocenters. The normalized spacial score (nSPS) is 9.62. The Hall–Kier alpha value is -1.92. The summed E-state index contributed by atoms with van der Waals surface area (Å²) in [4.78, 5) is 21.5. The van der Waals surface area contributed by atoms with Gasteiger partial charge in [-0.15, -0.1) is 10.2 Å². The van der Waals surface area contributed by atoms with Crippen molar-refractivity contribution in [3.63, 3.8) is 0 Å². The van der Waals surface area contributed by atoms with Gasteiger partial charge in [-0.05, 0) is 0 Å². The van der Waals surface area contributed by atoms with Crippen molar-refractivity contribution >= 4 is 11.9 Å². The molecule has 1 heterocycles. The lowest BCUT2D eigenvalue weighted by Gasteiger charge is -2.00. The predicted octanol–water partition coefficient (Wildman–Crippen LogP) is -1.65. The van der Waals surface area contributed by atoms with Crippen LogP contribution in [0.15, 0.2) is 0 Å². The highest BCUT2D eigenvalue weighted by molar-refractivity contribution is 5.85. The van der Waals surface area contributed by atoms with E-state index in [4.69, 9.17) is 5.73 Å². The van der Waals surface area contributed by atoms with Gasteiger partial charge in [-0.1, -0.05) is 0 Å². The highest BCUT2D eigenvalue weighted by atomic mass is 16.5. The van der Waals surface area contributed by atoms with Crippen LogP contribution in [-0.2, 0) is 16.1 Å². The molecule has 1 radical (unpaired) electrons. The summed E-state index contributed by atoms with van der Waals surface area (Å²) in [5.74, 6) is -1.39. The van der Waals surface area contributed by atoms with Crippen LogP contribution in [0.5, 0.6) is 0 Å². The molecule has 0 saturated heterocycles. The van der Waals surface area contributed by atoms with E-state index >= 15 is 0 Å². The van der Waals surface area contributed by atoms with E-state index in [0.717, 1.165) is 4.57 Å². The Bertz CT molecular complexity index is 332. The number of methoxy groups -OCH3 is 1. The molecule has 0 saturated carbocycles. The Labute approximate surface area is 73.5 Å². The van der Waals surface area contributed by atoms with Crippen molar-refractivity contribution in [2.45, 2.75) is 6.54 Å². The Morgan fingerprint density at radius 3 is 2.92 bits per heavy atom. The zero-order valence-electron chi connectivity index (χ0n) is 6.85. The zero-order valence-corrected chi connectivity index (χ0v) is 6.85. The number of ether oxygens (including phenoxy) is 1. The molecule has 0 bridgehead atoms. The van der Waals surface area contributed by atoms with Crippen LogP contribution in [0.25, 0.3) is 0 Å². The lowest BCUT2D eigenvalue weighted by atomic mass is 10.5. The molecular formula is C6H7N4O3. The van der Waals surface area contributed by atoms with Crippen LogP contribution in [-0.4, -0.2) is 33.8 Å². The maximum Gasteiger partial charge on any atom is 0.376 e. The minimum Gasteiger partial charge on any atom is -0.463 e. The fourth-order valence-electron chi connectivity index (χ4n) is 0.733. The van der Waals surface area contributed by atoms with Crippen molar-refractivity contribution in [1.82, 2.24) is 14.8 Å².